The highest BCUT2D eigenvalue weighted by atomic mass is 16.4. The van der Waals surface area contributed by atoms with E-state index in [1.807, 2.05) is 0 Å². The minimum Gasteiger partial charge on any atom is -0.480 e. The largest absolute Gasteiger partial charge is 0.480 e. The molecule has 0 aromatic carbocycles. The number of carboxylic acid groups (broad SMARTS) is 1. The van der Waals surface area contributed by atoms with E-state index in [1.54, 1.807) is 0 Å². The van der Waals surface area contributed by atoms with Gasteiger partial charge in [-0.1, -0.05) is 6.58 Å². The van der Waals surface area contributed by atoms with Crippen LogP contribution < -0.4 is 16.8 Å². The average molecular weight is 242 g/mol. The Hall–Kier alpha value is -2.05. The molecule has 0 aromatic rings. The smallest absolute Gasteiger partial charge is 0.326 e. The monoisotopic (exact) mass is 242 g/mol. The number of hydrogen-bond acceptors (Lipinski definition) is 3. The van der Waals surface area contributed by atoms with Gasteiger partial charge in [0.25, 0.3) is 0 Å². The third kappa shape index (κ3) is 6.93. The van der Waals surface area contributed by atoms with Gasteiger partial charge in [-0.3, -0.25) is 9.79 Å². The molecule has 96 valence electrons. The summed E-state index contributed by atoms with van der Waals surface area (Å²) in [7, 11) is 0. The summed E-state index contributed by atoms with van der Waals surface area (Å²) >= 11 is 0. The number of hydrogen-bond donors (Lipinski definition) is 4. The SMILES string of the molecule is C=C(C)C(=O)N[C@@H](CCCN=C(N)N)C(=O)O. The van der Waals surface area contributed by atoms with Gasteiger partial charge in [0.15, 0.2) is 5.96 Å². The van der Waals surface area contributed by atoms with E-state index in [0.29, 0.717) is 13.0 Å². The molecule has 0 radical (unpaired) electrons. The molecule has 0 aliphatic carbocycles. The van der Waals surface area contributed by atoms with Gasteiger partial charge in [0.05, 0.1) is 0 Å². The van der Waals surface area contributed by atoms with E-state index in [2.05, 4.69) is 16.9 Å². The molecule has 1 atom stereocenters. The molecule has 1 amide bonds. The first-order valence-electron chi connectivity index (χ1n) is 5.09. The molecule has 17 heavy (non-hydrogen) atoms. The highest BCUT2D eigenvalue weighted by Crippen LogP contribution is 2.00. The number of nitrogens with one attached hydrogen (secondary N) is 1. The Morgan fingerprint density at radius 1 is 1.47 bits per heavy atom. The summed E-state index contributed by atoms with van der Waals surface area (Å²) < 4.78 is 0. The van der Waals surface area contributed by atoms with E-state index in [4.69, 9.17) is 16.6 Å². The fourth-order valence-electron chi connectivity index (χ4n) is 1.04. The minimum atomic E-state index is -1.09. The Labute approximate surface area is 99.6 Å². The summed E-state index contributed by atoms with van der Waals surface area (Å²) in [6.45, 7) is 5.26. The Morgan fingerprint density at radius 2 is 2.06 bits per heavy atom. The summed E-state index contributed by atoms with van der Waals surface area (Å²) in [5.41, 5.74) is 10.5. The van der Waals surface area contributed by atoms with Crippen molar-refractivity contribution in [1.29, 1.82) is 0 Å². The summed E-state index contributed by atoms with van der Waals surface area (Å²) in [6.07, 6.45) is 0.719. The maximum Gasteiger partial charge on any atom is 0.326 e. The number of rotatable bonds is 7. The summed E-state index contributed by atoms with van der Waals surface area (Å²) in [5.74, 6) is -1.61. The van der Waals surface area contributed by atoms with Crippen LogP contribution in [0, 0.1) is 0 Å². The highest BCUT2D eigenvalue weighted by Gasteiger charge is 2.19. The molecular formula is C10H18N4O3. The zero-order chi connectivity index (χ0) is 13.4. The van der Waals surface area contributed by atoms with Crippen LogP contribution >= 0.6 is 0 Å². The summed E-state index contributed by atoms with van der Waals surface area (Å²) in [6, 6.07) is -0.951. The molecule has 0 rings (SSSR count). The molecule has 6 N–H and O–H groups in total. The van der Waals surface area contributed by atoms with Crippen LogP contribution in [-0.2, 0) is 9.59 Å². The first kappa shape index (κ1) is 14.9. The van der Waals surface area contributed by atoms with Gasteiger partial charge in [0, 0.05) is 12.1 Å². The second-order valence-electron chi connectivity index (χ2n) is 3.59. The average Bonchev–Trinajstić information content (AvgIpc) is 2.21. The number of amides is 1. The van der Waals surface area contributed by atoms with E-state index in [0.717, 1.165) is 0 Å². The van der Waals surface area contributed by atoms with Crippen molar-refractivity contribution >= 4 is 17.8 Å². The number of guanidine groups is 1. The molecule has 0 heterocycles. The zero-order valence-electron chi connectivity index (χ0n) is 9.77. The third-order valence-electron chi connectivity index (χ3n) is 1.94. The van der Waals surface area contributed by atoms with Gasteiger partial charge in [-0.15, -0.1) is 0 Å². The molecule has 0 unspecified atom stereocenters. The Morgan fingerprint density at radius 3 is 2.47 bits per heavy atom. The van der Waals surface area contributed by atoms with Crippen LogP contribution in [0.5, 0.6) is 0 Å². The molecule has 7 heteroatoms. The molecule has 7 nitrogen and oxygen atoms in total. The van der Waals surface area contributed by atoms with Gasteiger partial charge in [-0.05, 0) is 19.8 Å². The topological polar surface area (TPSA) is 131 Å². The van der Waals surface area contributed by atoms with Gasteiger partial charge in [0.1, 0.15) is 6.04 Å². The number of carbonyl (C=O) groups is 2. The Balaban J connectivity index is 4.17. The Kier molecular flexibility index (Phi) is 6.39. The molecule has 0 spiro atoms. The van der Waals surface area contributed by atoms with Crippen LogP contribution in [-0.4, -0.2) is 35.5 Å². The van der Waals surface area contributed by atoms with E-state index in [-0.39, 0.29) is 18.0 Å². The molecule has 0 aromatic heterocycles. The van der Waals surface area contributed by atoms with Crippen LogP contribution in [0.4, 0.5) is 0 Å². The van der Waals surface area contributed by atoms with E-state index < -0.39 is 17.9 Å². The highest BCUT2D eigenvalue weighted by molar-refractivity contribution is 5.94. The van der Waals surface area contributed by atoms with Crippen LogP contribution in [0.3, 0.4) is 0 Å². The minimum absolute atomic E-state index is 0.0390. The van der Waals surface area contributed by atoms with Gasteiger partial charge < -0.3 is 21.9 Å². The number of carbonyl (C=O) groups excluding carboxylic acids is 1. The molecule has 0 bridgehead atoms. The second-order valence-corrected chi connectivity index (χ2v) is 3.59. The van der Waals surface area contributed by atoms with Crippen LogP contribution in [0.15, 0.2) is 17.1 Å². The maximum atomic E-state index is 11.3. The first-order valence-corrected chi connectivity index (χ1v) is 5.09. The zero-order valence-corrected chi connectivity index (χ0v) is 9.77. The summed E-state index contributed by atoms with van der Waals surface area (Å²) in [5, 5.41) is 11.2. The van der Waals surface area contributed by atoms with Gasteiger partial charge in [0.2, 0.25) is 5.91 Å². The van der Waals surface area contributed by atoms with Crippen molar-refractivity contribution < 1.29 is 14.7 Å². The van der Waals surface area contributed by atoms with E-state index in [9.17, 15) is 9.59 Å². The van der Waals surface area contributed by atoms with Crippen LogP contribution in [0.1, 0.15) is 19.8 Å². The number of nitrogens with two attached hydrogens (primary N) is 2. The van der Waals surface area contributed by atoms with Gasteiger partial charge >= 0.3 is 5.97 Å². The quantitative estimate of drug-likeness (QED) is 0.200. The van der Waals surface area contributed by atoms with Crippen LogP contribution in [0.25, 0.3) is 0 Å². The maximum absolute atomic E-state index is 11.3. The predicted octanol–water partition coefficient (Wildman–Crippen LogP) is -0.814. The molecule has 0 saturated heterocycles. The lowest BCUT2D eigenvalue weighted by Gasteiger charge is -2.13. The standard InChI is InChI=1S/C10H18N4O3/c1-6(2)8(15)14-7(9(16)17)4-3-5-13-10(11)12/h7H,1,3-5H2,2H3,(H,14,15)(H,16,17)(H4,11,12,13)/t7-/m0/s1. The number of aliphatic carboxylic acids is 1. The van der Waals surface area contributed by atoms with Crippen molar-refractivity contribution in [2.24, 2.45) is 16.5 Å². The number of carboxylic acids is 1. The lowest BCUT2D eigenvalue weighted by Crippen LogP contribution is -2.41. The normalized spacial score (nSPS) is 11.4. The van der Waals surface area contributed by atoms with E-state index in [1.165, 1.54) is 6.92 Å². The molecule has 0 fully saturated rings. The first-order chi connectivity index (χ1) is 7.84. The van der Waals surface area contributed by atoms with Crippen molar-refractivity contribution in [1.82, 2.24) is 5.32 Å². The predicted molar refractivity (Wildman–Crippen MR) is 64.3 cm³/mol. The number of nitrogens with zero attached hydrogens (tertiary/aromatic N) is 1. The van der Waals surface area contributed by atoms with E-state index >= 15 is 0 Å². The van der Waals surface area contributed by atoms with Crippen molar-refractivity contribution in [3.63, 3.8) is 0 Å². The van der Waals surface area contributed by atoms with Crippen molar-refractivity contribution in [2.75, 3.05) is 6.54 Å². The fourth-order valence-corrected chi connectivity index (χ4v) is 1.04. The molecule has 0 aliphatic heterocycles. The van der Waals surface area contributed by atoms with Crippen molar-refractivity contribution in [2.45, 2.75) is 25.8 Å². The lowest BCUT2D eigenvalue weighted by molar-refractivity contribution is -0.141. The lowest BCUT2D eigenvalue weighted by atomic mass is 10.1. The molecular weight excluding hydrogens is 224 g/mol. The fraction of sp³-hybridized carbons (Fsp3) is 0.500. The number of aliphatic imine (C=N–C) groups is 1. The summed E-state index contributed by atoms with van der Waals surface area (Å²) in [4.78, 5) is 25.8. The molecule has 0 aliphatic rings. The molecule has 0 saturated carbocycles. The third-order valence-corrected chi connectivity index (χ3v) is 1.94. The van der Waals surface area contributed by atoms with Crippen molar-refractivity contribution in [3.05, 3.63) is 12.2 Å². The van der Waals surface area contributed by atoms with Gasteiger partial charge in [-0.25, -0.2) is 4.79 Å². The van der Waals surface area contributed by atoms with Gasteiger partial charge in [-0.2, -0.15) is 0 Å². The van der Waals surface area contributed by atoms with Crippen molar-refractivity contribution in [3.8, 4) is 0 Å². The Bertz CT molecular complexity index is 334. The second kappa shape index (κ2) is 7.26. The van der Waals surface area contributed by atoms with Crippen LogP contribution in [0.2, 0.25) is 0 Å².